The van der Waals surface area contributed by atoms with E-state index in [4.69, 9.17) is 9.47 Å². The fourth-order valence-corrected chi connectivity index (χ4v) is 9.60. The standard InChI is InChI=1S/C42H68N6O9/c1-41(2,3)57-40(55)46-33(27-19-12-9-13-20-27)39(54)48-24-30-28(22-42(4,5)56-30)34(48)36(51)44-29(21-25-15-14-16-25)35(50)37(52)43-23-31(49)45-32(38(53)47(6)7)26-17-10-8-11-18-26/h25-30,32-34H,8-24H2,1-7H3,(H,43,52)(H,44,51)(H,45,49)(H,46,55)/t28-,29?,30-,32-,33-,34-/m0/s1. The zero-order valence-electron chi connectivity index (χ0n) is 35.3. The number of ether oxygens (including phenoxy) is 2. The van der Waals surface area contributed by atoms with E-state index < -0.39 is 83.5 Å². The number of nitrogens with one attached hydrogen (secondary N) is 4. The molecule has 0 aromatic rings. The molecule has 0 aromatic heterocycles. The lowest BCUT2D eigenvalue weighted by atomic mass is 9.80. The summed E-state index contributed by atoms with van der Waals surface area (Å²) in [6.07, 6.45) is 11.3. The summed E-state index contributed by atoms with van der Waals surface area (Å²) in [4.78, 5) is 98.6. The summed E-state index contributed by atoms with van der Waals surface area (Å²) in [6, 6.07) is -3.84. The topological polar surface area (TPSA) is 193 Å². The first-order valence-electron chi connectivity index (χ1n) is 21.4. The molecule has 2 saturated heterocycles. The molecule has 0 spiro atoms. The van der Waals surface area contributed by atoms with Crippen LogP contribution >= 0.6 is 0 Å². The van der Waals surface area contributed by atoms with Gasteiger partial charge in [-0.2, -0.15) is 0 Å². The molecule has 6 amide bonds. The molecule has 0 radical (unpaired) electrons. The zero-order chi connectivity index (χ0) is 41.7. The van der Waals surface area contributed by atoms with Crippen molar-refractivity contribution < 1.29 is 43.0 Å². The Morgan fingerprint density at radius 3 is 1.95 bits per heavy atom. The molecule has 0 aromatic carbocycles. The van der Waals surface area contributed by atoms with Crippen LogP contribution in [0.3, 0.4) is 0 Å². The van der Waals surface area contributed by atoms with E-state index in [-0.39, 0.29) is 42.5 Å². The lowest BCUT2D eigenvalue weighted by molar-refractivity contribution is -0.145. The number of likely N-dealkylation sites (tertiary alicyclic amines) is 1. The largest absolute Gasteiger partial charge is 0.444 e. The van der Waals surface area contributed by atoms with Crippen LogP contribution in [0.15, 0.2) is 0 Å². The molecule has 5 rings (SSSR count). The highest BCUT2D eigenvalue weighted by molar-refractivity contribution is 6.38. The average molecular weight is 801 g/mol. The van der Waals surface area contributed by atoms with Crippen LogP contribution in [0.4, 0.5) is 4.79 Å². The molecule has 3 saturated carbocycles. The molecule has 15 heteroatoms. The van der Waals surface area contributed by atoms with Crippen LogP contribution < -0.4 is 21.3 Å². The van der Waals surface area contributed by atoms with Gasteiger partial charge in [0.15, 0.2) is 0 Å². The van der Waals surface area contributed by atoms with Gasteiger partial charge in [-0.3, -0.25) is 28.8 Å². The van der Waals surface area contributed by atoms with Gasteiger partial charge in [0.25, 0.3) is 5.91 Å². The van der Waals surface area contributed by atoms with Gasteiger partial charge in [-0.25, -0.2) is 4.79 Å². The molecule has 1 unspecified atom stereocenters. The van der Waals surface area contributed by atoms with Crippen LogP contribution in [0.25, 0.3) is 0 Å². The van der Waals surface area contributed by atoms with Crippen molar-refractivity contribution in [3.05, 3.63) is 0 Å². The Labute approximate surface area is 338 Å². The molecule has 6 atom stereocenters. The van der Waals surface area contributed by atoms with Gasteiger partial charge >= 0.3 is 6.09 Å². The van der Waals surface area contributed by atoms with Crippen LogP contribution in [0.2, 0.25) is 0 Å². The van der Waals surface area contributed by atoms with Gasteiger partial charge in [0.1, 0.15) is 23.7 Å². The average Bonchev–Trinajstić information content (AvgIpc) is 3.63. The van der Waals surface area contributed by atoms with E-state index >= 15 is 0 Å². The van der Waals surface area contributed by atoms with Crippen LogP contribution in [0.1, 0.15) is 131 Å². The van der Waals surface area contributed by atoms with E-state index in [0.29, 0.717) is 6.42 Å². The zero-order valence-corrected chi connectivity index (χ0v) is 35.3. The molecule has 4 N–H and O–H groups in total. The smallest absolute Gasteiger partial charge is 0.408 e. The van der Waals surface area contributed by atoms with E-state index in [0.717, 1.165) is 83.5 Å². The summed E-state index contributed by atoms with van der Waals surface area (Å²) in [5.74, 6) is -4.05. The lowest BCUT2D eigenvalue weighted by Gasteiger charge is -2.36. The van der Waals surface area contributed by atoms with Gasteiger partial charge in [-0.05, 0) is 90.9 Å². The number of likely N-dealkylation sites (N-methyl/N-ethyl adjacent to an activating group) is 1. The van der Waals surface area contributed by atoms with Crippen molar-refractivity contribution in [2.75, 3.05) is 27.2 Å². The quantitative estimate of drug-likeness (QED) is 0.191. The van der Waals surface area contributed by atoms with Crippen molar-refractivity contribution in [2.45, 2.75) is 172 Å². The number of alkyl carbamates (subject to hydrolysis) is 1. The Bertz CT molecular complexity index is 1490. The normalized spacial score (nSPS) is 25.5. The summed E-state index contributed by atoms with van der Waals surface area (Å²) in [5, 5.41) is 11.0. The second-order valence-corrected chi connectivity index (χ2v) is 19.1. The Hall–Kier alpha value is -3.75. The SMILES string of the molecule is CN(C)C(=O)[C@@H](NC(=O)CNC(=O)C(=O)C(CC1CCC1)NC(=O)[C@@H]1[C@H]2CC(C)(C)O[C@H]2CN1C(=O)[C@@H](NC(=O)OC(C)(C)C)C1CCCCC1)C1CCCCC1. The first-order valence-corrected chi connectivity index (χ1v) is 21.4. The highest BCUT2D eigenvalue weighted by Crippen LogP contribution is 2.44. The molecule has 15 nitrogen and oxygen atoms in total. The summed E-state index contributed by atoms with van der Waals surface area (Å²) >= 11 is 0. The van der Waals surface area contributed by atoms with Crippen molar-refractivity contribution in [3.8, 4) is 0 Å². The van der Waals surface area contributed by atoms with Gasteiger partial charge in [0.2, 0.25) is 29.4 Å². The summed E-state index contributed by atoms with van der Waals surface area (Å²) in [6.45, 7) is 8.78. The molecular weight excluding hydrogens is 732 g/mol. The van der Waals surface area contributed by atoms with Gasteiger partial charge in [0.05, 0.1) is 24.3 Å². The second-order valence-electron chi connectivity index (χ2n) is 19.1. The third kappa shape index (κ3) is 11.7. The van der Waals surface area contributed by atoms with E-state index in [9.17, 15) is 33.6 Å². The minimum Gasteiger partial charge on any atom is -0.444 e. The number of rotatable bonds is 14. The minimum absolute atomic E-state index is 0.0134. The van der Waals surface area contributed by atoms with Gasteiger partial charge in [0, 0.05) is 26.6 Å². The Morgan fingerprint density at radius 1 is 0.807 bits per heavy atom. The summed E-state index contributed by atoms with van der Waals surface area (Å²) in [7, 11) is 3.28. The van der Waals surface area contributed by atoms with Gasteiger partial charge in [-0.15, -0.1) is 0 Å². The molecule has 5 aliphatic rings. The number of hydrogen-bond donors (Lipinski definition) is 4. The second kappa shape index (κ2) is 18.9. The molecule has 0 bridgehead atoms. The monoisotopic (exact) mass is 801 g/mol. The third-order valence-electron chi connectivity index (χ3n) is 12.6. The predicted molar refractivity (Wildman–Crippen MR) is 211 cm³/mol. The highest BCUT2D eigenvalue weighted by atomic mass is 16.6. The molecule has 3 aliphatic carbocycles. The van der Waals surface area contributed by atoms with Crippen molar-refractivity contribution >= 4 is 41.4 Å². The van der Waals surface area contributed by atoms with Crippen LogP contribution in [-0.2, 0) is 38.2 Å². The van der Waals surface area contributed by atoms with E-state index in [1.165, 1.54) is 9.80 Å². The van der Waals surface area contributed by atoms with Crippen molar-refractivity contribution in [3.63, 3.8) is 0 Å². The first-order chi connectivity index (χ1) is 26.8. The Kier molecular flexibility index (Phi) is 14.7. The van der Waals surface area contributed by atoms with Crippen LogP contribution in [0, 0.1) is 23.7 Å². The maximum absolute atomic E-state index is 14.6. The lowest BCUT2D eigenvalue weighted by Crippen LogP contribution is -2.59. The van der Waals surface area contributed by atoms with Crippen LogP contribution in [-0.4, -0.2) is 120 Å². The number of Topliss-reactive ketones (excluding diaryl/α,β-unsaturated/α-hetero) is 1. The van der Waals surface area contributed by atoms with Crippen molar-refractivity contribution in [1.29, 1.82) is 0 Å². The van der Waals surface area contributed by atoms with Gasteiger partial charge < -0.3 is 40.5 Å². The van der Waals surface area contributed by atoms with Crippen LogP contribution in [0.5, 0.6) is 0 Å². The van der Waals surface area contributed by atoms with Crippen molar-refractivity contribution in [1.82, 2.24) is 31.1 Å². The third-order valence-corrected chi connectivity index (χ3v) is 12.6. The Balaban J connectivity index is 1.31. The number of amides is 6. The number of ketones is 1. The summed E-state index contributed by atoms with van der Waals surface area (Å²) < 4.78 is 11.9. The molecule has 57 heavy (non-hydrogen) atoms. The number of hydrogen-bond acceptors (Lipinski definition) is 9. The highest BCUT2D eigenvalue weighted by Gasteiger charge is 2.56. The maximum Gasteiger partial charge on any atom is 0.408 e. The minimum atomic E-state index is -1.18. The molecule has 2 aliphatic heterocycles. The molecule has 320 valence electrons. The molecule has 2 heterocycles. The maximum atomic E-state index is 14.6. The number of carbonyl (C=O) groups is 7. The van der Waals surface area contributed by atoms with E-state index in [1.54, 1.807) is 34.9 Å². The van der Waals surface area contributed by atoms with E-state index in [1.807, 2.05) is 13.8 Å². The predicted octanol–water partition coefficient (Wildman–Crippen LogP) is 3.37. The van der Waals surface area contributed by atoms with E-state index in [2.05, 4.69) is 21.3 Å². The van der Waals surface area contributed by atoms with Crippen molar-refractivity contribution in [2.24, 2.45) is 23.7 Å². The fraction of sp³-hybridized carbons (Fsp3) is 0.833. The summed E-state index contributed by atoms with van der Waals surface area (Å²) in [5.41, 5.74) is -1.33. The molecule has 5 fully saturated rings. The number of carbonyl (C=O) groups excluding carboxylic acids is 7. The Morgan fingerprint density at radius 2 is 1.40 bits per heavy atom. The number of fused-ring (bicyclic) bond motifs is 1. The number of nitrogens with zero attached hydrogens (tertiary/aromatic N) is 2. The van der Waals surface area contributed by atoms with Gasteiger partial charge in [-0.1, -0.05) is 57.8 Å². The fourth-order valence-electron chi connectivity index (χ4n) is 9.60. The molecular formula is C42H68N6O9. The first kappa shape index (κ1) is 44.4.